The number of hydrogen-bond acceptors (Lipinski definition) is 2. The molecule has 0 aliphatic carbocycles. The van der Waals surface area contributed by atoms with E-state index in [1.165, 1.54) is 14.2 Å². The van der Waals surface area contributed by atoms with E-state index in [-0.39, 0.29) is 5.54 Å². The first kappa shape index (κ1) is 10.2. The van der Waals surface area contributed by atoms with Crippen molar-refractivity contribution in [3.05, 3.63) is 20.3 Å². The summed E-state index contributed by atoms with van der Waals surface area (Å²) in [6.45, 7) is 6.50. The molecule has 0 aliphatic heterocycles. The Hall–Kier alpha value is 0.140. The molecule has 1 N–H and O–H groups in total. The Kier molecular flexibility index (Phi) is 2.97. The second-order valence-corrected chi connectivity index (χ2v) is 5.52. The summed E-state index contributed by atoms with van der Waals surface area (Å²) in [6.07, 6.45) is 0. The van der Waals surface area contributed by atoms with E-state index in [1.54, 1.807) is 0 Å². The molecule has 1 aromatic rings. The molecule has 0 saturated heterocycles. The predicted molar refractivity (Wildman–Crippen MR) is 58.8 cm³/mol. The van der Waals surface area contributed by atoms with Crippen molar-refractivity contribution in [2.24, 2.45) is 0 Å². The zero-order valence-corrected chi connectivity index (χ0v) is 10.3. The Balaban J connectivity index is 3.09. The summed E-state index contributed by atoms with van der Waals surface area (Å²) in [7, 11) is 1.99. The molecule has 0 amide bonds. The number of rotatable bonds is 2. The Morgan fingerprint density at radius 1 is 1.50 bits per heavy atom. The van der Waals surface area contributed by atoms with Gasteiger partial charge in [-0.05, 0) is 49.8 Å². The van der Waals surface area contributed by atoms with Crippen LogP contribution < -0.4 is 5.32 Å². The van der Waals surface area contributed by atoms with Crippen LogP contribution in [0, 0.1) is 6.92 Å². The molecule has 68 valence electrons. The number of hydrogen-bond donors (Lipinski definition) is 1. The van der Waals surface area contributed by atoms with Gasteiger partial charge >= 0.3 is 0 Å². The first-order chi connectivity index (χ1) is 5.47. The minimum absolute atomic E-state index is 0.0672. The van der Waals surface area contributed by atoms with Gasteiger partial charge < -0.3 is 5.32 Å². The number of aryl methyl sites for hydroxylation is 1. The third-order valence-electron chi connectivity index (χ3n) is 2.00. The first-order valence-electron chi connectivity index (χ1n) is 3.92. The molecule has 0 atom stereocenters. The fourth-order valence-electron chi connectivity index (χ4n) is 1.02. The van der Waals surface area contributed by atoms with E-state index in [1.807, 2.05) is 18.4 Å². The van der Waals surface area contributed by atoms with Gasteiger partial charge in [-0.1, -0.05) is 0 Å². The van der Waals surface area contributed by atoms with Crippen molar-refractivity contribution in [3.8, 4) is 0 Å². The lowest BCUT2D eigenvalue weighted by molar-refractivity contribution is 0.452. The van der Waals surface area contributed by atoms with Gasteiger partial charge in [-0.25, -0.2) is 0 Å². The second kappa shape index (κ2) is 3.48. The van der Waals surface area contributed by atoms with E-state index >= 15 is 0 Å². The third kappa shape index (κ3) is 1.90. The maximum Gasteiger partial charge on any atom is 0.0480 e. The van der Waals surface area contributed by atoms with Crippen molar-refractivity contribution in [3.63, 3.8) is 0 Å². The highest BCUT2D eigenvalue weighted by molar-refractivity contribution is 9.10. The molecule has 1 aromatic heterocycles. The normalized spacial score (nSPS) is 12.1. The maximum absolute atomic E-state index is 3.56. The van der Waals surface area contributed by atoms with Gasteiger partial charge in [0.15, 0.2) is 0 Å². The summed E-state index contributed by atoms with van der Waals surface area (Å²) >= 11 is 5.40. The molecular formula is C9H14BrNS. The van der Waals surface area contributed by atoms with Gasteiger partial charge in [0, 0.05) is 19.8 Å². The van der Waals surface area contributed by atoms with E-state index < -0.39 is 0 Å². The van der Waals surface area contributed by atoms with Crippen LogP contribution in [0.4, 0.5) is 0 Å². The molecule has 1 nitrogen and oxygen atoms in total. The predicted octanol–water partition coefficient (Wildman–Crippen LogP) is 3.27. The molecule has 1 heterocycles. The molecule has 12 heavy (non-hydrogen) atoms. The highest BCUT2D eigenvalue weighted by Crippen LogP contribution is 2.35. The van der Waals surface area contributed by atoms with Crippen molar-refractivity contribution < 1.29 is 0 Å². The van der Waals surface area contributed by atoms with Gasteiger partial charge in [-0.15, -0.1) is 11.3 Å². The van der Waals surface area contributed by atoms with Crippen LogP contribution >= 0.6 is 27.3 Å². The summed E-state index contributed by atoms with van der Waals surface area (Å²) in [5, 5.41) is 3.29. The van der Waals surface area contributed by atoms with Gasteiger partial charge in [0.05, 0.1) is 0 Å². The lowest BCUT2D eigenvalue weighted by atomic mass is 10.0. The van der Waals surface area contributed by atoms with Gasteiger partial charge in [0.1, 0.15) is 0 Å². The van der Waals surface area contributed by atoms with Crippen LogP contribution in [0.1, 0.15) is 23.6 Å². The van der Waals surface area contributed by atoms with E-state index in [4.69, 9.17) is 0 Å². The van der Waals surface area contributed by atoms with Crippen LogP contribution in [-0.2, 0) is 5.54 Å². The Labute approximate surface area is 86.3 Å². The van der Waals surface area contributed by atoms with Crippen LogP contribution in [-0.4, -0.2) is 7.05 Å². The molecule has 0 bridgehead atoms. The molecule has 0 saturated carbocycles. The molecule has 1 rings (SSSR count). The van der Waals surface area contributed by atoms with Crippen molar-refractivity contribution in [1.29, 1.82) is 0 Å². The molecule has 0 unspecified atom stereocenters. The van der Waals surface area contributed by atoms with E-state index in [0.29, 0.717) is 0 Å². The number of nitrogens with one attached hydrogen (secondary N) is 1. The summed E-state index contributed by atoms with van der Waals surface area (Å²) in [4.78, 5) is 2.71. The minimum Gasteiger partial charge on any atom is -0.310 e. The van der Waals surface area contributed by atoms with Gasteiger partial charge in [0.25, 0.3) is 0 Å². The number of halogens is 1. The monoisotopic (exact) mass is 247 g/mol. The van der Waals surface area contributed by atoms with Crippen LogP contribution in [0.5, 0.6) is 0 Å². The van der Waals surface area contributed by atoms with Crippen LogP contribution in [0.25, 0.3) is 0 Å². The molecule has 0 aromatic carbocycles. The zero-order chi connectivity index (χ0) is 9.35. The Morgan fingerprint density at radius 3 is 2.42 bits per heavy atom. The molecule has 0 spiro atoms. The van der Waals surface area contributed by atoms with Crippen molar-refractivity contribution >= 4 is 27.3 Å². The van der Waals surface area contributed by atoms with Crippen LogP contribution in [0.15, 0.2) is 10.5 Å². The minimum atomic E-state index is 0.0672. The Bertz CT molecular complexity index is 278. The summed E-state index contributed by atoms with van der Waals surface area (Å²) < 4.78 is 1.21. The molecule has 3 heteroatoms. The van der Waals surface area contributed by atoms with E-state index in [9.17, 15) is 0 Å². The lowest BCUT2D eigenvalue weighted by Gasteiger charge is -2.23. The summed E-state index contributed by atoms with van der Waals surface area (Å²) in [5.74, 6) is 0. The topological polar surface area (TPSA) is 12.0 Å². The molecule has 0 radical (unpaired) electrons. The van der Waals surface area contributed by atoms with Gasteiger partial charge in [-0.2, -0.15) is 0 Å². The quantitative estimate of drug-likeness (QED) is 0.846. The fourth-order valence-corrected chi connectivity index (χ4v) is 3.27. The highest BCUT2D eigenvalue weighted by Gasteiger charge is 2.22. The standard InChI is InChI=1S/C9H14BrNS/c1-6-5-7(10)8(12-6)9(2,3)11-4/h5,11H,1-4H3. The second-order valence-electron chi connectivity index (χ2n) is 3.41. The molecular weight excluding hydrogens is 234 g/mol. The summed E-state index contributed by atoms with van der Waals surface area (Å²) in [5.41, 5.74) is 0.0672. The maximum atomic E-state index is 3.56. The lowest BCUT2D eigenvalue weighted by Crippen LogP contribution is -2.32. The SMILES string of the molecule is CNC(C)(C)c1sc(C)cc1Br. The average Bonchev–Trinajstić information content (AvgIpc) is 2.31. The average molecular weight is 248 g/mol. The largest absolute Gasteiger partial charge is 0.310 e. The summed E-state index contributed by atoms with van der Waals surface area (Å²) in [6, 6.07) is 2.17. The fraction of sp³-hybridized carbons (Fsp3) is 0.556. The van der Waals surface area contributed by atoms with Crippen molar-refractivity contribution in [2.75, 3.05) is 7.05 Å². The van der Waals surface area contributed by atoms with Crippen LogP contribution in [0.3, 0.4) is 0 Å². The van der Waals surface area contributed by atoms with Gasteiger partial charge in [0.2, 0.25) is 0 Å². The third-order valence-corrected chi connectivity index (χ3v) is 4.26. The zero-order valence-electron chi connectivity index (χ0n) is 7.86. The first-order valence-corrected chi connectivity index (χ1v) is 5.53. The van der Waals surface area contributed by atoms with E-state index in [0.717, 1.165) is 0 Å². The van der Waals surface area contributed by atoms with Crippen molar-refractivity contribution in [1.82, 2.24) is 5.32 Å². The van der Waals surface area contributed by atoms with Crippen LogP contribution in [0.2, 0.25) is 0 Å². The van der Waals surface area contributed by atoms with Gasteiger partial charge in [-0.3, -0.25) is 0 Å². The highest BCUT2D eigenvalue weighted by atomic mass is 79.9. The van der Waals surface area contributed by atoms with E-state index in [2.05, 4.69) is 48.1 Å². The smallest absolute Gasteiger partial charge is 0.0480 e. The Morgan fingerprint density at radius 2 is 2.08 bits per heavy atom. The number of thiophene rings is 1. The van der Waals surface area contributed by atoms with Crippen molar-refractivity contribution in [2.45, 2.75) is 26.3 Å². The molecule has 0 aliphatic rings. The molecule has 0 fully saturated rings.